The molecule has 0 amide bonds. The second kappa shape index (κ2) is 4.21. The van der Waals surface area contributed by atoms with Crippen LogP contribution in [0.3, 0.4) is 0 Å². The van der Waals surface area contributed by atoms with Gasteiger partial charge in [-0.3, -0.25) is 0 Å². The Labute approximate surface area is 96.7 Å². The number of nitrogens with zero attached hydrogens (tertiary/aromatic N) is 1. The molecule has 5 nitrogen and oxygen atoms in total. The van der Waals surface area contributed by atoms with Crippen molar-refractivity contribution in [3.05, 3.63) is 41.6 Å². The number of rotatable bonds is 2. The summed E-state index contributed by atoms with van der Waals surface area (Å²) >= 11 is 0. The highest BCUT2D eigenvalue weighted by Gasteiger charge is 2.09. The highest BCUT2D eigenvalue weighted by molar-refractivity contribution is 5.95. The van der Waals surface area contributed by atoms with Crippen molar-refractivity contribution in [1.82, 2.24) is 4.98 Å². The Hall–Kier alpha value is -2.43. The lowest BCUT2D eigenvalue weighted by atomic mass is 10.1. The molecule has 1 N–H and O–H groups in total. The van der Waals surface area contributed by atoms with Crippen LogP contribution in [-0.4, -0.2) is 29.1 Å². The number of methoxy groups -OCH3 is 1. The number of benzene rings is 1. The average Bonchev–Trinajstić information content (AvgIpc) is 2.36. The summed E-state index contributed by atoms with van der Waals surface area (Å²) < 4.78 is 4.59. The lowest BCUT2D eigenvalue weighted by Crippen LogP contribution is -2.02. The number of aromatic carboxylic acids is 1. The van der Waals surface area contributed by atoms with Gasteiger partial charge in [-0.25, -0.2) is 14.6 Å². The third-order valence-corrected chi connectivity index (χ3v) is 2.33. The van der Waals surface area contributed by atoms with Crippen LogP contribution >= 0.6 is 0 Å². The van der Waals surface area contributed by atoms with E-state index >= 15 is 0 Å². The normalized spacial score (nSPS) is 10.2. The SMILES string of the molecule is COC(=O)c1ccc2nc(C(=O)O)ccc2c1. The number of ether oxygens (including phenoxy) is 1. The Bertz CT molecular complexity index is 606. The van der Waals surface area contributed by atoms with Crippen LogP contribution in [0.1, 0.15) is 20.8 Å². The molecule has 2 rings (SSSR count). The Morgan fingerprint density at radius 2 is 2.00 bits per heavy atom. The zero-order valence-electron chi connectivity index (χ0n) is 9.01. The van der Waals surface area contributed by atoms with Crippen molar-refractivity contribution in [3.8, 4) is 0 Å². The third-order valence-electron chi connectivity index (χ3n) is 2.33. The van der Waals surface area contributed by atoms with Crippen molar-refractivity contribution in [2.75, 3.05) is 7.11 Å². The number of carbonyl (C=O) groups excluding carboxylic acids is 1. The van der Waals surface area contributed by atoms with Gasteiger partial charge in [0.25, 0.3) is 0 Å². The van der Waals surface area contributed by atoms with E-state index in [1.54, 1.807) is 24.3 Å². The fraction of sp³-hybridized carbons (Fsp3) is 0.0833. The Kier molecular flexibility index (Phi) is 2.74. The molecule has 0 saturated carbocycles. The number of carbonyl (C=O) groups is 2. The molecule has 0 aliphatic heterocycles. The number of hydrogen-bond donors (Lipinski definition) is 1. The summed E-state index contributed by atoms with van der Waals surface area (Å²) in [5.41, 5.74) is 0.908. The lowest BCUT2D eigenvalue weighted by molar-refractivity contribution is 0.0600. The first-order valence-electron chi connectivity index (χ1n) is 4.84. The quantitative estimate of drug-likeness (QED) is 0.796. The Morgan fingerprint density at radius 3 is 2.65 bits per heavy atom. The van der Waals surface area contributed by atoms with Gasteiger partial charge in [-0.15, -0.1) is 0 Å². The van der Waals surface area contributed by atoms with Crippen molar-refractivity contribution in [3.63, 3.8) is 0 Å². The maximum Gasteiger partial charge on any atom is 0.354 e. The molecule has 0 fully saturated rings. The molecule has 1 heterocycles. The molecule has 0 aliphatic carbocycles. The van der Waals surface area contributed by atoms with Crippen molar-refractivity contribution in [1.29, 1.82) is 0 Å². The summed E-state index contributed by atoms with van der Waals surface area (Å²) in [5, 5.41) is 9.48. The summed E-state index contributed by atoms with van der Waals surface area (Å²) in [5.74, 6) is -1.52. The first-order valence-corrected chi connectivity index (χ1v) is 4.84. The molecule has 2 aromatic rings. The fourth-order valence-electron chi connectivity index (χ4n) is 1.49. The number of carboxylic acids is 1. The fourth-order valence-corrected chi connectivity index (χ4v) is 1.49. The van der Waals surface area contributed by atoms with Crippen LogP contribution in [0.15, 0.2) is 30.3 Å². The van der Waals surface area contributed by atoms with E-state index in [9.17, 15) is 9.59 Å². The highest BCUT2D eigenvalue weighted by atomic mass is 16.5. The maximum absolute atomic E-state index is 11.3. The minimum Gasteiger partial charge on any atom is -0.477 e. The van der Waals surface area contributed by atoms with E-state index in [1.807, 2.05) is 0 Å². The van der Waals surface area contributed by atoms with E-state index in [4.69, 9.17) is 5.11 Å². The zero-order valence-corrected chi connectivity index (χ0v) is 9.01. The molecule has 0 radical (unpaired) electrons. The van der Waals surface area contributed by atoms with Crippen molar-refractivity contribution in [2.45, 2.75) is 0 Å². The molecule has 1 aromatic carbocycles. The Balaban J connectivity index is 2.54. The van der Waals surface area contributed by atoms with Crippen LogP contribution in [0, 0.1) is 0 Å². The van der Waals surface area contributed by atoms with Gasteiger partial charge in [-0.2, -0.15) is 0 Å². The second-order valence-electron chi connectivity index (χ2n) is 3.40. The number of hydrogen-bond acceptors (Lipinski definition) is 4. The third kappa shape index (κ3) is 2.08. The van der Waals surface area contributed by atoms with Crippen LogP contribution in [0.4, 0.5) is 0 Å². The molecule has 0 aliphatic rings. The van der Waals surface area contributed by atoms with E-state index in [0.717, 1.165) is 0 Å². The van der Waals surface area contributed by atoms with Gasteiger partial charge in [0.1, 0.15) is 5.69 Å². The predicted octanol–water partition coefficient (Wildman–Crippen LogP) is 1.72. The molecular weight excluding hydrogens is 222 g/mol. The Morgan fingerprint density at radius 1 is 1.24 bits per heavy atom. The summed E-state index contributed by atoms with van der Waals surface area (Å²) in [4.78, 5) is 26.0. The zero-order chi connectivity index (χ0) is 12.4. The van der Waals surface area contributed by atoms with E-state index in [1.165, 1.54) is 13.2 Å². The molecule has 0 saturated heterocycles. The van der Waals surface area contributed by atoms with Gasteiger partial charge in [0.2, 0.25) is 0 Å². The minimum absolute atomic E-state index is 0.0247. The maximum atomic E-state index is 11.3. The molecule has 0 unspecified atom stereocenters. The standard InChI is InChI=1S/C12H9NO4/c1-17-12(16)8-3-4-9-7(6-8)2-5-10(13-9)11(14)15/h2-6H,1H3,(H,14,15). The van der Waals surface area contributed by atoms with Gasteiger partial charge in [0, 0.05) is 5.39 Å². The first kappa shape index (κ1) is 11.1. The molecule has 86 valence electrons. The van der Waals surface area contributed by atoms with Gasteiger partial charge in [-0.1, -0.05) is 6.07 Å². The number of pyridine rings is 1. The molecule has 17 heavy (non-hydrogen) atoms. The number of aromatic nitrogens is 1. The second-order valence-corrected chi connectivity index (χ2v) is 3.40. The summed E-state index contributed by atoms with van der Waals surface area (Å²) in [7, 11) is 1.30. The van der Waals surface area contributed by atoms with E-state index in [2.05, 4.69) is 9.72 Å². The number of esters is 1. The van der Waals surface area contributed by atoms with E-state index in [0.29, 0.717) is 16.5 Å². The summed E-state index contributed by atoms with van der Waals surface area (Å²) in [6.45, 7) is 0. The molecule has 0 atom stereocenters. The van der Waals surface area contributed by atoms with Gasteiger partial charge in [0.15, 0.2) is 0 Å². The van der Waals surface area contributed by atoms with Crippen LogP contribution in [-0.2, 0) is 4.74 Å². The molecular formula is C12H9NO4. The van der Waals surface area contributed by atoms with Crippen molar-refractivity contribution >= 4 is 22.8 Å². The molecule has 5 heteroatoms. The lowest BCUT2D eigenvalue weighted by Gasteiger charge is -2.02. The highest BCUT2D eigenvalue weighted by Crippen LogP contribution is 2.15. The molecule has 0 bridgehead atoms. The largest absolute Gasteiger partial charge is 0.477 e. The van der Waals surface area contributed by atoms with Gasteiger partial charge in [-0.05, 0) is 24.3 Å². The predicted molar refractivity (Wildman–Crippen MR) is 60.0 cm³/mol. The van der Waals surface area contributed by atoms with Crippen molar-refractivity contribution in [2.24, 2.45) is 0 Å². The summed E-state index contributed by atoms with van der Waals surface area (Å²) in [6.07, 6.45) is 0. The topological polar surface area (TPSA) is 76.5 Å². The van der Waals surface area contributed by atoms with Gasteiger partial charge >= 0.3 is 11.9 Å². The number of carboxylic acid groups (broad SMARTS) is 1. The van der Waals surface area contributed by atoms with Gasteiger partial charge in [0.05, 0.1) is 18.2 Å². The van der Waals surface area contributed by atoms with E-state index in [-0.39, 0.29) is 5.69 Å². The van der Waals surface area contributed by atoms with Crippen LogP contribution in [0.25, 0.3) is 10.9 Å². The smallest absolute Gasteiger partial charge is 0.354 e. The molecule has 0 spiro atoms. The van der Waals surface area contributed by atoms with Crippen LogP contribution in [0.2, 0.25) is 0 Å². The summed E-state index contributed by atoms with van der Waals surface area (Å²) in [6, 6.07) is 7.75. The van der Waals surface area contributed by atoms with Crippen LogP contribution < -0.4 is 0 Å². The number of fused-ring (bicyclic) bond motifs is 1. The monoisotopic (exact) mass is 231 g/mol. The minimum atomic E-state index is -1.08. The van der Waals surface area contributed by atoms with Gasteiger partial charge < -0.3 is 9.84 Å². The van der Waals surface area contributed by atoms with Crippen LogP contribution in [0.5, 0.6) is 0 Å². The van der Waals surface area contributed by atoms with Crippen molar-refractivity contribution < 1.29 is 19.4 Å². The van der Waals surface area contributed by atoms with E-state index < -0.39 is 11.9 Å². The molecule has 1 aromatic heterocycles. The first-order chi connectivity index (χ1) is 8.11. The average molecular weight is 231 g/mol.